The quantitative estimate of drug-likeness (QED) is 0.910. The van der Waals surface area contributed by atoms with E-state index < -0.39 is 0 Å². The minimum atomic E-state index is -0.0462. The molecule has 1 saturated carbocycles. The van der Waals surface area contributed by atoms with Crippen molar-refractivity contribution in [3.05, 3.63) is 53.7 Å². The van der Waals surface area contributed by atoms with Crippen molar-refractivity contribution < 1.29 is 9.53 Å². The predicted octanol–water partition coefficient (Wildman–Crippen LogP) is 3.27. The largest absolute Gasteiger partial charge is 0.376 e. The highest BCUT2D eigenvalue weighted by molar-refractivity contribution is 6.07. The Kier molecular flexibility index (Phi) is 4.17. The van der Waals surface area contributed by atoms with Crippen LogP contribution in [0.2, 0.25) is 0 Å². The SMILES string of the molecule is COC1(CNc2ccc(C(=O)N3CCc4ccccc43)cn2)CCC1. The van der Waals surface area contributed by atoms with E-state index in [0.717, 1.165) is 43.9 Å². The summed E-state index contributed by atoms with van der Waals surface area (Å²) in [5, 5.41) is 3.33. The fourth-order valence-electron chi connectivity index (χ4n) is 3.61. The Hall–Kier alpha value is -2.40. The third-order valence-corrected chi connectivity index (χ3v) is 5.43. The first kappa shape index (κ1) is 16.1. The van der Waals surface area contributed by atoms with Gasteiger partial charge in [-0.1, -0.05) is 18.2 Å². The number of hydrogen-bond acceptors (Lipinski definition) is 4. The van der Waals surface area contributed by atoms with Gasteiger partial charge in [0.15, 0.2) is 0 Å². The fraction of sp³-hybridized carbons (Fsp3) is 0.400. The zero-order valence-corrected chi connectivity index (χ0v) is 14.5. The van der Waals surface area contributed by atoms with Crippen LogP contribution < -0.4 is 10.2 Å². The van der Waals surface area contributed by atoms with Gasteiger partial charge in [0.2, 0.25) is 0 Å². The number of anilines is 2. The van der Waals surface area contributed by atoms with E-state index in [2.05, 4.69) is 16.4 Å². The monoisotopic (exact) mass is 337 g/mol. The molecule has 1 aliphatic heterocycles. The normalized spacial score (nSPS) is 17.7. The highest BCUT2D eigenvalue weighted by atomic mass is 16.5. The number of benzene rings is 1. The van der Waals surface area contributed by atoms with Gasteiger partial charge in [-0.3, -0.25) is 4.79 Å². The summed E-state index contributed by atoms with van der Waals surface area (Å²) in [6.45, 7) is 1.48. The van der Waals surface area contributed by atoms with Gasteiger partial charge < -0.3 is 15.0 Å². The van der Waals surface area contributed by atoms with Gasteiger partial charge in [-0.15, -0.1) is 0 Å². The van der Waals surface area contributed by atoms with Crippen molar-refractivity contribution in [2.24, 2.45) is 0 Å². The molecule has 1 N–H and O–H groups in total. The Morgan fingerprint density at radius 2 is 2.12 bits per heavy atom. The molecule has 5 nitrogen and oxygen atoms in total. The lowest BCUT2D eigenvalue weighted by Crippen LogP contribution is -2.45. The number of aromatic nitrogens is 1. The predicted molar refractivity (Wildman–Crippen MR) is 98.1 cm³/mol. The first-order valence-electron chi connectivity index (χ1n) is 8.86. The zero-order valence-electron chi connectivity index (χ0n) is 14.5. The molecule has 2 aromatic rings. The third kappa shape index (κ3) is 3.00. The van der Waals surface area contributed by atoms with Crippen molar-refractivity contribution in [1.29, 1.82) is 0 Å². The average Bonchev–Trinajstić information content (AvgIpc) is 3.05. The van der Waals surface area contributed by atoms with Gasteiger partial charge >= 0.3 is 0 Å². The average molecular weight is 337 g/mol. The van der Waals surface area contributed by atoms with E-state index in [1.807, 2.05) is 35.2 Å². The van der Waals surface area contributed by atoms with Crippen molar-refractivity contribution in [1.82, 2.24) is 4.98 Å². The van der Waals surface area contributed by atoms with Gasteiger partial charge in [-0.05, 0) is 49.4 Å². The van der Waals surface area contributed by atoms with Crippen LogP contribution in [0.25, 0.3) is 0 Å². The molecule has 1 aromatic carbocycles. The van der Waals surface area contributed by atoms with Gasteiger partial charge in [-0.2, -0.15) is 0 Å². The molecule has 1 aliphatic carbocycles. The van der Waals surface area contributed by atoms with Crippen LogP contribution in [0.1, 0.15) is 35.2 Å². The number of ether oxygens (including phenoxy) is 1. The number of nitrogens with one attached hydrogen (secondary N) is 1. The lowest BCUT2D eigenvalue weighted by molar-refractivity contribution is -0.0601. The summed E-state index contributed by atoms with van der Waals surface area (Å²) in [4.78, 5) is 19.0. The van der Waals surface area contributed by atoms with Gasteiger partial charge in [0.1, 0.15) is 5.82 Å². The number of carbonyl (C=O) groups is 1. The minimum Gasteiger partial charge on any atom is -0.376 e. The second kappa shape index (κ2) is 6.48. The maximum absolute atomic E-state index is 12.8. The molecule has 1 amide bonds. The molecule has 4 rings (SSSR count). The summed E-state index contributed by atoms with van der Waals surface area (Å²) in [5.74, 6) is 0.790. The van der Waals surface area contributed by atoms with Crippen molar-refractivity contribution in [2.45, 2.75) is 31.3 Å². The molecule has 2 heterocycles. The molecule has 5 heteroatoms. The molecule has 0 spiro atoms. The molecular formula is C20H23N3O2. The highest BCUT2D eigenvalue weighted by Gasteiger charge is 2.36. The van der Waals surface area contributed by atoms with Crippen LogP contribution in [-0.2, 0) is 11.2 Å². The second-order valence-electron chi connectivity index (χ2n) is 6.86. The molecule has 0 radical (unpaired) electrons. The van der Waals surface area contributed by atoms with Crippen LogP contribution >= 0.6 is 0 Å². The van der Waals surface area contributed by atoms with E-state index in [9.17, 15) is 4.79 Å². The Labute approximate surface area is 148 Å². The Morgan fingerprint density at radius 1 is 1.28 bits per heavy atom. The third-order valence-electron chi connectivity index (χ3n) is 5.43. The molecule has 0 atom stereocenters. The number of carbonyl (C=O) groups excluding carboxylic acids is 1. The Morgan fingerprint density at radius 3 is 2.80 bits per heavy atom. The van der Waals surface area contributed by atoms with Crippen LogP contribution in [0.4, 0.5) is 11.5 Å². The summed E-state index contributed by atoms with van der Waals surface area (Å²) in [7, 11) is 1.77. The van der Waals surface area contributed by atoms with Gasteiger partial charge in [-0.25, -0.2) is 4.98 Å². The maximum Gasteiger partial charge on any atom is 0.259 e. The topological polar surface area (TPSA) is 54.5 Å². The first-order valence-corrected chi connectivity index (χ1v) is 8.86. The van der Waals surface area contributed by atoms with E-state index >= 15 is 0 Å². The fourth-order valence-corrected chi connectivity index (χ4v) is 3.61. The van der Waals surface area contributed by atoms with Crippen molar-refractivity contribution in [2.75, 3.05) is 30.4 Å². The number of para-hydroxylation sites is 1. The standard InChI is InChI=1S/C20H23N3O2/c1-25-20(10-4-11-20)14-22-18-8-7-16(13-21-18)19(24)23-12-9-15-5-2-3-6-17(15)23/h2-3,5-8,13H,4,9-12,14H2,1H3,(H,21,22). The first-order chi connectivity index (χ1) is 12.2. The number of hydrogen-bond donors (Lipinski definition) is 1. The number of rotatable bonds is 5. The van der Waals surface area contributed by atoms with E-state index in [0.29, 0.717) is 5.56 Å². The molecule has 1 fully saturated rings. The lowest BCUT2D eigenvalue weighted by Gasteiger charge is -2.40. The van der Waals surface area contributed by atoms with Crippen LogP contribution in [0.5, 0.6) is 0 Å². The summed E-state index contributed by atoms with van der Waals surface area (Å²) in [6.07, 6.45) is 5.95. The number of amides is 1. The van der Waals surface area contributed by atoms with Crippen LogP contribution in [0.3, 0.4) is 0 Å². The van der Waals surface area contributed by atoms with Crippen molar-refractivity contribution >= 4 is 17.4 Å². The number of fused-ring (bicyclic) bond motifs is 1. The smallest absolute Gasteiger partial charge is 0.259 e. The van der Waals surface area contributed by atoms with E-state index in [1.54, 1.807) is 13.3 Å². The second-order valence-corrected chi connectivity index (χ2v) is 6.86. The summed E-state index contributed by atoms with van der Waals surface area (Å²) in [5.41, 5.74) is 2.82. The number of methoxy groups -OCH3 is 1. The van der Waals surface area contributed by atoms with E-state index in [-0.39, 0.29) is 11.5 Å². The minimum absolute atomic E-state index is 0.0105. The number of nitrogens with zero attached hydrogens (tertiary/aromatic N) is 2. The van der Waals surface area contributed by atoms with Crippen molar-refractivity contribution in [3.8, 4) is 0 Å². The zero-order chi connectivity index (χ0) is 17.3. The molecule has 130 valence electrons. The molecule has 0 unspecified atom stereocenters. The Bertz CT molecular complexity index is 763. The molecule has 0 bridgehead atoms. The molecule has 0 saturated heterocycles. The van der Waals surface area contributed by atoms with Gasteiger partial charge in [0, 0.05) is 32.1 Å². The molecule has 2 aliphatic rings. The maximum atomic E-state index is 12.8. The van der Waals surface area contributed by atoms with Crippen LogP contribution in [-0.4, -0.2) is 36.7 Å². The summed E-state index contributed by atoms with van der Waals surface area (Å²) < 4.78 is 5.61. The van der Waals surface area contributed by atoms with E-state index in [1.165, 1.54) is 12.0 Å². The summed E-state index contributed by atoms with van der Waals surface area (Å²) in [6, 6.07) is 11.8. The Balaban J connectivity index is 1.43. The molecule has 1 aromatic heterocycles. The molecular weight excluding hydrogens is 314 g/mol. The van der Waals surface area contributed by atoms with Crippen molar-refractivity contribution in [3.63, 3.8) is 0 Å². The lowest BCUT2D eigenvalue weighted by atomic mass is 9.80. The van der Waals surface area contributed by atoms with Gasteiger partial charge in [0.05, 0.1) is 11.2 Å². The number of pyridine rings is 1. The summed E-state index contributed by atoms with van der Waals surface area (Å²) >= 11 is 0. The van der Waals surface area contributed by atoms with Crippen LogP contribution in [0.15, 0.2) is 42.6 Å². The van der Waals surface area contributed by atoms with Crippen LogP contribution in [0, 0.1) is 0 Å². The van der Waals surface area contributed by atoms with Gasteiger partial charge in [0.25, 0.3) is 5.91 Å². The van der Waals surface area contributed by atoms with E-state index in [4.69, 9.17) is 4.74 Å². The highest BCUT2D eigenvalue weighted by Crippen LogP contribution is 2.35. The molecule has 25 heavy (non-hydrogen) atoms.